The van der Waals surface area contributed by atoms with Gasteiger partial charge in [-0.3, -0.25) is 4.79 Å². The molecule has 1 amide bonds. The van der Waals surface area contributed by atoms with Gasteiger partial charge in [0.1, 0.15) is 16.7 Å². The van der Waals surface area contributed by atoms with E-state index in [4.69, 9.17) is 0 Å². The van der Waals surface area contributed by atoms with E-state index in [1.165, 1.54) is 22.4 Å². The van der Waals surface area contributed by atoms with Crippen LogP contribution in [0.3, 0.4) is 0 Å². The number of thiazole rings is 1. The minimum atomic E-state index is -4.47. The van der Waals surface area contributed by atoms with Crippen molar-refractivity contribution < 1.29 is 27.9 Å². The average molecular weight is 424 g/mol. The number of likely N-dealkylation sites (tertiary alicyclic amines) is 1. The van der Waals surface area contributed by atoms with Crippen LogP contribution in [-0.2, 0) is 11.0 Å². The Morgan fingerprint density at radius 1 is 1.21 bits per heavy atom. The summed E-state index contributed by atoms with van der Waals surface area (Å²) < 4.78 is 38.9. The first-order valence-electron chi connectivity index (χ1n) is 9.44. The number of hydrogen-bond donors (Lipinski definition) is 1. The summed E-state index contributed by atoms with van der Waals surface area (Å²) in [4.78, 5) is 30.5. The quantitative estimate of drug-likeness (QED) is 0.776. The molecular formula is C20H19F3N2O3S. The van der Waals surface area contributed by atoms with Crippen LogP contribution in [0.5, 0.6) is 0 Å². The molecule has 4 rings (SSSR count). The number of aromatic nitrogens is 1. The first-order valence-corrected chi connectivity index (χ1v) is 10.3. The number of benzene rings is 1. The van der Waals surface area contributed by atoms with Gasteiger partial charge in [-0.2, -0.15) is 13.2 Å². The standard InChI is InChI=1S/C20H19F3N2O3S/c21-20(22,23)13-6-3-5-12(8-13)17-24-14(10-29-17)18(26)25-15-7-2-1-4-11(15)9-16(25)19(27)28/h3,5-6,8,10-11,15-16H,1-2,4,7,9H2,(H,27,28). The van der Waals surface area contributed by atoms with Crippen molar-refractivity contribution in [3.63, 3.8) is 0 Å². The summed E-state index contributed by atoms with van der Waals surface area (Å²) in [5, 5.41) is 11.4. The molecule has 1 aliphatic heterocycles. The van der Waals surface area contributed by atoms with Crippen LogP contribution in [0.2, 0.25) is 0 Å². The number of carbonyl (C=O) groups is 2. The number of carboxylic acid groups (broad SMARTS) is 1. The van der Waals surface area contributed by atoms with E-state index in [1.807, 2.05) is 0 Å². The summed E-state index contributed by atoms with van der Waals surface area (Å²) >= 11 is 1.07. The zero-order valence-corrected chi connectivity index (χ0v) is 16.2. The molecule has 1 aliphatic carbocycles. The first-order chi connectivity index (χ1) is 13.8. The molecule has 2 fully saturated rings. The minimum Gasteiger partial charge on any atom is -0.480 e. The van der Waals surface area contributed by atoms with E-state index < -0.39 is 29.7 Å². The van der Waals surface area contributed by atoms with Crippen molar-refractivity contribution in [1.29, 1.82) is 0 Å². The highest BCUT2D eigenvalue weighted by molar-refractivity contribution is 7.13. The number of hydrogen-bond acceptors (Lipinski definition) is 4. The van der Waals surface area contributed by atoms with E-state index in [0.717, 1.165) is 49.2 Å². The summed E-state index contributed by atoms with van der Waals surface area (Å²) in [6.07, 6.45) is -0.367. The third kappa shape index (κ3) is 3.75. The van der Waals surface area contributed by atoms with Gasteiger partial charge in [0, 0.05) is 17.0 Å². The van der Waals surface area contributed by atoms with Crippen LogP contribution in [-0.4, -0.2) is 39.0 Å². The SMILES string of the molecule is O=C(O)C1CC2CCCCC2N1C(=O)c1csc(-c2cccc(C(F)(F)F)c2)n1. The third-order valence-corrected chi connectivity index (χ3v) is 6.66. The second-order valence-corrected chi connectivity index (χ2v) is 8.39. The molecule has 5 nitrogen and oxygen atoms in total. The molecular weight excluding hydrogens is 405 g/mol. The second-order valence-electron chi connectivity index (χ2n) is 7.53. The van der Waals surface area contributed by atoms with Crippen molar-refractivity contribution in [2.75, 3.05) is 0 Å². The summed E-state index contributed by atoms with van der Waals surface area (Å²) in [5.41, 5.74) is -0.427. The van der Waals surface area contributed by atoms with Gasteiger partial charge in [0.05, 0.1) is 5.56 Å². The second kappa shape index (κ2) is 7.44. The lowest BCUT2D eigenvalue weighted by atomic mass is 9.84. The maximum absolute atomic E-state index is 13.1. The zero-order chi connectivity index (χ0) is 20.8. The zero-order valence-electron chi connectivity index (χ0n) is 15.4. The van der Waals surface area contributed by atoms with Crippen LogP contribution in [0, 0.1) is 5.92 Å². The smallest absolute Gasteiger partial charge is 0.416 e. The minimum absolute atomic E-state index is 0.0832. The molecule has 1 saturated heterocycles. The largest absolute Gasteiger partial charge is 0.480 e. The molecule has 1 N–H and O–H groups in total. The summed E-state index contributed by atoms with van der Waals surface area (Å²) in [6, 6.07) is 3.79. The molecule has 2 aromatic rings. The number of amides is 1. The number of nitrogens with zero attached hydrogens (tertiary/aromatic N) is 2. The van der Waals surface area contributed by atoms with Crippen molar-refractivity contribution >= 4 is 23.2 Å². The average Bonchev–Trinajstić information content (AvgIpc) is 3.32. The Hall–Kier alpha value is -2.42. The maximum atomic E-state index is 13.1. The third-order valence-electron chi connectivity index (χ3n) is 5.77. The van der Waals surface area contributed by atoms with Gasteiger partial charge in [-0.15, -0.1) is 11.3 Å². The molecule has 1 aromatic carbocycles. The topological polar surface area (TPSA) is 70.5 Å². The van der Waals surface area contributed by atoms with Crippen molar-refractivity contribution in [3.8, 4) is 10.6 Å². The van der Waals surface area contributed by atoms with Gasteiger partial charge in [-0.05, 0) is 37.3 Å². The molecule has 0 radical (unpaired) electrons. The number of rotatable bonds is 3. The van der Waals surface area contributed by atoms with Crippen LogP contribution < -0.4 is 0 Å². The lowest BCUT2D eigenvalue weighted by Gasteiger charge is -2.32. The summed E-state index contributed by atoms with van der Waals surface area (Å²) in [5.74, 6) is -1.31. The number of alkyl halides is 3. The first kappa shape index (κ1) is 19.9. The molecule has 29 heavy (non-hydrogen) atoms. The van der Waals surface area contributed by atoms with Gasteiger partial charge < -0.3 is 10.0 Å². The van der Waals surface area contributed by atoms with Gasteiger partial charge in [-0.1, -0.05) is 25.0 Å². The van der Waals surface area contributed by atoms with Gasteiger partial charge >= 0.3 is 12.1 Å². The van der Waals surface area contributed by atoms with Gasteiger partial charge in [-0.25, -0.2) is 9.78 Å². The summed E-state index contributed by atoms with van der Waals surface area (Å²) in [6.45, 7) is 0. The van der Waals surface area contributed by atoms with Gasteiger partial charge in [0.2, 0.25) is 0 Å². The Kier molecular flexibility index (Phi) is 5.10. The Bertz CT molecular complexity index is 943. The molecule has 0 spiro atoms. The highest BCUT2D eigenvalue weighted by atomic mass is 32.1. The van der Waals surface area contributed by atoms with Crippen molar-refractivity contribution in [1.82, 2.24) is 9.88 Å². The highest BCUT2D eigenvalue weighted by Gasteiger charge is 2.48. The Morgan fingerprint density at radius 3 is 2.69 bits per heavy atom. The van der Waals surface area contributed by atoms with E-state index in [2.05, 4.69) is 4.98 Å². The Balaban J connectivity index is 1.62. The van der Waals surface area contributed by atoms with Crippen molar-refractivity contribution in [2.45, 2.75) is 50.4 Å². The lowest BCUT2D eigenvalue weighted by molar-refractivity contribution is -0.141. The van der Waals surface area contributed by atoms with E-state index >= 15 is 0 Å². The molecule has 2 heterocycles. The molecule has 0 bridgehead atoms. The number of carbonyl (C=O) groups excluding carboxylic acids is 1. The van der Waals surface area contributed by atoms with E-state index in [9.17, 15) is 27.9 Å². The number of halogens is 3. The number of fused-ring (bicyclic) bond motifs is 1. The molecule has 3 atom stereocenters. The molecule has 1 aromatic heterocycles. The molecule has 2 aliphatic rings. The van der Waals surface area contributed by atoms with Crippen LogP contribution in [0.15, 0.2) is 29.6 Å². The fourth-order valence-corrected chi connectivity index (χ4v) is 5.23. The fraction of sp³-hybridized carbons (Fsp3) is 0.450. The Labute approximate surface area is 169 Å². The van der Waals surface area contributed by atoms with E-state index in [-0.39, 0.29) is 23.2 Å². The van der Waals surface area contributed by atoms with Crippen LogP contribution in [0.1, 0.15) is 48.2 Å². The predicted molar refractivity (Wildman–Crippen MR) is 101 cm³/mol. The van der Waals surface area contributed by atoms with E-state index in [1.54, 1.807) is 0 Å². The van der Waals surface area contributed by atoms with Crippen LogP contribution in [0.25, 0.3) is 10.6 Å². The van der Waals surface area contributed by atoms with Crippen molar-refractivity contribution in [2.24, 2.45) is 5.92 Å². The highest BCUT2D eigenvalue weighted by Crippen LogP contribution is 2.41. The lowest BCUT2D eigenvalue weighted by Crippen LogP contribution is -2.46. The monoisotopic (exact) mass is 424 g/mol. The van der Waals surface area contributed by atoms with Crippen molar-refractivity contribution in [3.05, 3.63) is 40.9 Å². The Morgan fingerprint density at radius 2 is 1.97 bits per heavy atom. The maximum Gasteiger partial charge on any atom is 0.416 e. The molecule has 1 saturated carbocycles. The summed E-state index contributed by atoms with van der Waals surface area (Å²) in [7, 11) is 0. The van der Waals surface area contributed by atoms with Gasteiger partial charge in [0.25, 0.3) is 5.91 Å². The van der Waals surface area contributed by atoms with Crippen LogP contribution in [0.4, 0.5) is 13.2 Å². The normalized spacial score (nSPS) is 24.4. The van der Waals surface area contributed by atoms with E-state index in [0.29, 0.717) is 11.4 Å². The van der Waals surface area contributed by atoms with Crippen LogP contribution >= 0.6 is 11.3 Å². The predicted octanol–water partition coefficient (Wildman–Crippen LogP) is 4.69. The fourth-order valence-electron chi connectivity index (χ4n) is 4.44. The van der Waals surface area contributed by atoms with Gasteiger partial charge in [0.15, 0.2) is 0 Å². The molecule has 9 heteroatoms. The number of aliphatic carboxylic acids is 1. The molecule has 154 valence electrons. The number of carboxylic acids is 1. The molecule has 3 unspecified atom stereocenters.